The molecule has 2 saturated heterocycles. The summed E-state index contributed by atoms with van der Waals surface area (Å²) in [6, 6.07) is 4.43. The highest BCUT2D eigenvalue weighted by molar-refractivity contribution is 5.35. The molecule has 110 valence electrons. The topological polar surface area (TPSA) is 35.5 Å². The van der Waals surface area contributed by atoms with Gasteiger partial charge < -0.3 is 10.4 Å². The van der Waals surface area contributed by atoms with Crippen LogP contribution in [-0.2, 0) is 0 Å². The quantitative estimate of drug-likeness (QED) is 0.872. The maximum absolute atomic E-state index is 13.1. The lowest BCUT2D eigenvalue weighted by molar-refractivity contribution is 0.0957. The summed E-state index contributed by atoms with van der Waals surface area (Å²) in [5, 5.41) is 13.5. The monoisotopic (exact) mass is 278 g/mol. The summed E-state index contributed by atoms with van der Waals surface area (Å²) in [5.74, 6) is 0.992. The molecule has 0 radical (unpaired) electrons. The molecule has 2 fully saturated rings. The van der Waals surface area contributed by atoms with Crippen LogP contribution in [0.2, 0.25) is 0 Å². The number of rotatable bonds is 2. The van der Waals surface area contributed by atoms with Crippen molar-refractivity contribution in [3.63, 3.8) is 0 Å². The van der Waals surface area contributed by atoms with Crippen molar-refractivity contribution in [1.82, 2.24) is 10.2 Å². The van der Waals surface area contributed by atoms with E-state index in [1.807, 2.05) is 0 Å². The fourth-order valence-electron chi connectivity index (χ4n) is 4.15. The smallest absolute Gasteiger partial charge is 0.126 e. The zero-order valence-electron chi connectivity index (χ0n) is 12.4. The molecule has 3 nitrogen and oxygen atoms in total. The lowest BCUT2D eigenvalue weighted by Gasteiger charge is -2.40. The second kappa shape index (κ2) is 4.71. The Hall–Kier alpha value is -1.13. The van der Waals surface area contributed by atoms with Crippen LogP contribution in [0.3, 0.4) is 0 Å². The molecule has 2 heterocycles. The van der Waals surface area contributed by atoms with E-state index in [4.69, 9.17) is 0 Å². The zero-order valence-corrected chi connectivity index (χ0v) is 12.4. The molecule has 4 heteroatoms. The van der Waals surface area contributed by atoms with Gasteiger partial charge in [-0.05, 0) is 45.2 Å². The van der Waals surface area contributed by atoms with Crippen molar-refractivity contribution in [2.24, 2.45) is 11.8 Å². The van der Waals surface area contributed by atoms with Crippen LogP contribution < -0.4 is 5.32 Å². The SMILES string of the molecule is CC(c1ccc(F)cc1O)N1CC2CNCC2C1(C)C. The Morgan fingerprint density at radius 2 is 2.15 bits per heavy atom. The molecule has 0 bridgehead atoms. The number of hydrogen-bond donors (Lipinski definition) is 2. The van der Waals surface area contributed by atoms with Gasteiger partial charge in [0.25, 0.3) is 0 Å². The van der Waals surface area contributed by atoms with Gasteiger partial charge in [-0.15, -0.1) is 0 Å². The third-order valence-electron chi connectivity index (χ3n) is 5.33. The van der Waals surface area contributed by atoms with Gasteiger partial charge in [-0.1, -0.05) is 6.07 Å². The van der Waals surface area contributed by atoms with Crippen molar-refractivity contribution in [2.45, 2.75) is 32.4 Å². The van der Waals surface area contributed by atoms with Crippen LogP contribution >= 0.6 is 0 Å². The fourth-order valence-corrected chi connectivity index (χ4v) is 4.15. The normalized spacial score (nSPS) is 30.4. The van der Waals surface area contributed by atoms with E-state index in [1.54, 1.807) is 6.07 Å². The van der Waals surface area contributed by atoms with Gasteiger partial charge in [-0.3, -0.25) is 4.90 Å². The number of hydrogen-bond acceptors (Lipinski definition) is 3. The summed E-state index contributed by atoms with van der Waals surface area (Å²) in [6.45, 7) is 9.83. The summed E-state index contributed by atoms with van der Waals surface area (Å²) in [6.07, 6.45) is 0. The van der Waals surface area contributed by atoms with Gasteiger partial charge in [-0.25, -0.2) is 4.39 Å². The average Bonchev–Trinajstić information content (AvgIpc) is 2.91. The zero-order chi connectivity index (χ0) is 14.5. The molecule has 2 aliphatic rings. The molecule has 0 spiro atoms. The minimum atomic E-state index is -0.389. The Kier molecular flexibility index (Phi) is 3.26. The van der Waals surface area contributed by atoms with Gasteiger partial charge in [0, 0.05) is 36.3 Å². The van der Waals surface area contributed by atoms with Gasteiger partial charge in [0.15, 0.2) is 0 Å². The first kappa shape index (κ1) is 13.8. The van der Waals surface area contributed by atoms with Gasteiger partial charge in [0.2, 0.25) is 0 Å². The minimum absolute atomic E-state index is 0.0588. The van der Waals surface area contributed by atoms with Crippen LogP contribution in [-0.4, -0.2) is 35.2 Å². The van der Waals surface area contributed by atoms with E-state index in [9.17, 15) is 9.50 Å². The van der Waals surface area contributed by atoms with E-state index < -0.39 is 0 Å². The second-order valence-corrected chi connectivity index (χ2v) is 6.71. The maximum atomic E-state index is 13.1. The maximum Gasteiger partial charge on any atom is 0.126 e. The van der Waals surface area contributed by atoms with E-state index >= 15 is 0 Å². The number of halogens is 1. The van der Waals surface area contributed by atoms with Crippen LogP contribution in [0.4, 0.5) is 4.39 Å². The van der Waals surface area contributed by atoms with Crippen molar-refractivity contribution in [3.8, 4) is 5.75 Å². The first-order valence-electron chi connectivity index (χ1n) is 7.37. The van der Waals surface area contributed by atoms with Crippen molar-refractivity contribution < 1.29 is 9.50 Å². The Morgan fingerprint density at radius 3 is 2.80 bits per heavy atom. The molecule has 2 N–H and O–H groups in total. The third-order valence-corrected chi connectivity index (χ3v) is 5.33. The Balaban J connectivity index is 1.89. The standard InChI is InChI=1S/C16H23FN2O/c1-10(13-5-4-12(17)6-15(13)20)19-9-11-7-18-8-14(11)16(19,2)3/h4-6,10-11,14,18,20H,7-9H2,1-3H3. The van der Waals surface area contributed by atoms with E-state index in [0.717, 1.165) is 25.2 Å². The Bertz CT molecular complexity index is 517. The van der Waals surface area contributed by atoms with Crippen molar-refractivity contribution in [2.75, 3.05) is 19.6 Å². The largest absolute Gasteiger partial charge is 0.508 e. The summed E-state index contributed by atoms with van der Waals surface area (Å²) in [5.41, 5.74) is 0.904. The molecule has 0 amide bonds. The molecule has 1 aromatic rings. The van der Waals surface area contributed by atoms with Crippen LogP contribution in [0.25, 0.3) is 0 Å². The van der Waals surface area contributed by atoms with Crippen LogP contribution in [0.5, 0.6) is 5.75 Å². The molecular formula is C16H23FN2O. The van der Waals surface area contributed by atoms with Crippen molar-refractivity contribution in [3.05, 3.63) is 29.6 Å². The van der Waals surface area contributed by atoms with Crippen molar-refractivity contribution >= 4 is 0 Å². The predicted molar refractivity (Wildman–Crippen MR) is 77.1 cm³/mol. The number of aromatic hydroxyl groups is 1. The number of phenolic OH excluding ortho intramolecular Hbond substituents is 1. The van der Waals surface area contributed by atoms with Gasteiger partial charge in [0.05, 0.1) is 0 Å². The number of benzene rings is 1. The second-order valence-electron chi connectivity index (χ2n) is 6.71. The fraction of sp³-hybridized carbons (Fsp3) is 0.625. The molecule has 2 aliphatic heterocycles. The highest BCUT2D eigenvalue weighted by Crippen LogP contribution is 2.45. The molecule has 1 aromatic carbocycles. The lowest BCUT2D eigenvalue weighted by atomic mass is 9.84. The molecule has 3 atom stereocenters. The Morgan fingerprint density at radius 1 is 1.40 bits per heavy atom. The molecule has 3 unspecified atom stereocenters. The number of nitrogens with one attached hydrogen (secondary N) is 1. The van der Waals surface area contributed by atoms with Crippen LogP contribution in [0, 0.1) is 17.7 Å². The first-order chi connectivity index (χ1) is 9.41. The highest BCUT2D eigenvalue weighted by Gasteiger charge is 2.51. The van der Waals surface area contributed by atoms with Crippen molar-refractivity contribution in [1.29, 1.82) is 0 Å². The highest BCUT2D eigenvalue weighted by atomic mass is 19.1. The van der Waals surface area contributed by atoms with E-state index in [1.165, 1.54) is 12.1 Å². The number of nitrogens with zero attached hydrogens (tertiary/aromatic N) is 1. The predicted octanol–water partition coefficient (Wildman–Crippen LogP) is 2.52. The lowest BCUT2D eigenvalue weighted by Crippen LogP contribution is -2.45. The molecule has 0 aliphatic carbocycles. The average molecular weight is 278 g/mol. The third kappa shape index (κ3) is 2.02. The Labute approximate surface area is 119 Å². The summed E-state index contributed by atoms with van der Waals surface area (Å²) in [4.78, 5) is 2.45. The molecule has 20 heavy (non-hydrogen) atoms. The molecular weight excluding hydrogens is 255 g/mol. The van der Waals surface area contributed by atoms with Gasteiger partial charge >= 0.3 is 0 Å². The molecule has 0 saturated carbocycles. The molecule has 0 aromatic heterocycles. The van der Waals surface area contributed by atoms with Crippen LogP contribution in [0.15, 0.2) is 18.2 Å². The summed E-state index contributed by atoms with van der Waals surface area (Å²) >= 11 is 0. The summed E-state index contributed by atoms with van der Waals surface area (Å²) < 4.78 is 13.1. The van der Waals surface area contributed by atoms with Gasteiger partial charge in [0.1, 0.15) is 11.6 Å². The van der Waals surface area contributed by atoms with Gasteiger partial charge in [-0.2, -0.15) is 0 Å². The first-order valence-corrected chi connectivity index (χ1v) is 7.37. The molecule has 3 rings (SSSR count). The van der Waals surface area contributed by atoms with E-state index in [-0.39, 0.29) is 23.1 Å². The van der Waals surface area contributed by atoms with E-state index in [2.05, 4.69) is 31.0 Å². The number of phenols is 1. The van der Waals surface area contributed by atoms with E-state index in [0.29, 0.717) is 11.8 Å². The minimum Gasteiger partial charge on any atom is -0.508 e. The number of likely N-dealkylation sites (tertiary alicyclic amines) is 1. The summed E-state index contributed by atoms with van der Waals surface area (Å²) in [7, 11) is 0. The van der Waals surface area contributed by atoms with Crippen LogP contribution in [0.1, 0.15) is 32.4 Å². The number of fused-ring (bicyclic) bond motifs is 1.